The number of amides is 1. The van der Waals surface area contributed by atoms with Crippen LogP contribution in [0.3, 0.4) is 0 Å². The first-order valence-corrected chi connectivity index (χ1v) is 8.86. The molecule has 0 saturated carbocycles. The zero-order valence-corrected chi connectivity index (χ0v) is 15.6. The molecule has 1 N–H and O–H groups in total. The second-order valence-corrected chi connectivity index (χ2v) is 6.99. The van der Waals surface area contributed by atoms with Crippen LogP contribution in [0.2, 0.25) is 0 Å². The number of nitrogens with zero attached hydrogens (tertiary/aromatic N) is 2. The molecule has 1 aromatic heterocycles. The number of fused-ring (bicyclic) bond motifs is 1. The molecule has 0 radical (unpaired) electrons. The van der Waals surface area contributed by atoms with Crippen LogP contribution in [0.5, 0.6) is 0 Å². The van der Waals surface area contributed by atoms with E-state index in [-0.39, 0.29) is 35.8 Å². The van der Waals surface area contributed by atoms with E-state index in [2.05, 4.69) is 10.3 Å². The zero-order valence-electron chi connectivity index (χ0n) is 15.6. The molecular formula is C21H22FN3O2. The first-order valence-electron chi connectivity index (χ1n) is 8.86. The summed E-state index contributed by atoms with van der Waals surface area (Å²) in [7, 11) is 0. The number of nitrogens with one attached hydrogen (secondary N) is 1. The summed E-state index contributed by atoms with van der Waals surface area (Å²) in [5, 5.41) is 3.43. The van der Waals surface area contributed by atoms with Crippen LogP contribution in [-0.4, -0.2) is 15.5 Å². The van der Waals surface area contributed by atoms with Crippen molar-refractivity contribution in [3.63, 3.8) is 0 Å². The fraction of sp³-hybridized carbons (Fsp3) is 0.286. The van der Waals surface area contributed by atoms with Gasteiger partial charge in [0.15, 0.2) is 0 Å². The monoisotopic (exact) mass is 367 g/mol. The van der Waals surface area contributed by atoms with Crippen molar-refractivity contribution in [3.05, 3.63) is 76.1 Å². The van der Waals surface area contributed by atoms with Gasteiger partial charge in [-0.2, -0.15) is 0 Å². The standard InChI is InChI=1S/C21H22FN3O2/c1-13(2)19(15-7-9-16(22)10-8-15)24-18(26)11-25-12-23-20-14(3)5-4-6-17(20)21(25)27/h4-10,12-13,19H,11H2,1-3H3,(H,24,26). The van der Waals surface area contributed by atoms with E-state index >= 15 is 0 Å². The lowest BCUT2D eigenvalue weighted by Gasteiger charge is -2.23. The molecule has 2 aromatic carbocycles. The highest BCUT2D eigenvalue weighted by Gasteiger charge is 2.19. The van der Waals surface area contributed by atoms with Crippen LogP contribution in [0, 0.1) is 18.7 Å². The Morgan fingerprint density at radius 3 is 2.56 bits per heavy atom. The van der Waals surface area contributed by atoms with Crippen LogP contribution in [0.1, 0.15) is 31.0 Å². The Balaban J connectivity index is 1.82. The molecule has 0 spiro atoms. The number of hydrogen-bond acceptors (Lipinski definition) is 3. The van der Waals surface area contributed by atoms with Crippen molar-refractivity contribution in [1.82, 2.24) is 14.9 Å². The van der Waals surface area contributed by atoms with Gasteiger partial charge < -0.3 is 5.32 Å². The van der Waals surface area contributed by atoms with Crippen LogP contribution in [0.4, 0.5) is 4.39 Å². The number of carbonyl (C=O) groups is 1. The Bertz CT molecular complexity index is 1030. The fourth-order valence-corrected chi connectivity index (χ4v) is 3.13. The summed E-state index contributed by atoms with van der Waals surface area (Å²) in [4.78, 5) is 29.5. The molecule has 0 saturated heterocycles. The SMILES string of the molecule is Cc1cccc2c(=O)n(CC(=O)NC(c3ccc(F)cc3)C(C)C)cnc12. The van der Waals surface area contributed by atoms with Crippen molar-refractivity contribution in [1.29, 1.82) is 0 Å². The van der Waals surface area contributed by atoms with Crippen LogP contribution >= 0.6 is 0 Å². The predicted molar refractivity (Wildman–Crippen MR) is 103 cm³/mol. The Kier molecular flexibility index (Phi) is 5.35. The summed E-state index contributed by atoms with van der Waals surface area (Å²) in [5.74, 6) is -0.515. The summed E-state index contributed by atoms with van der Waals surface area (Å²) in [5.41, 5.74) is 2.13. The van der Waals surface area contributed by atoms with Gasteiger partial charge in [-0.05, 0) is 42.2 Å². The molecule has 0 bridgehead atoms. The highest BCUT2D eigenvalue weighted by atomic mass is 19.1. The van der Waals surface area contributed by atoms with Crippen LogP contribution in [0.25, 0.3) is 10.9 Å². The number of hydrogen-bond donors (Lipinski definition) is 1. The highest BCUT2D eigenvalue weighted by Crippen LogP contribution is 2.22. The molecule has 0 aliphatic carbocycles. The average Bonchev–Trinajstić information content (AvgIpc) is 2.63. The molecular weight excluding hydrogens is 345 g/mol. The minimum absolute atomic E-state index is 0.105. The summed E-state index contributed by atoms with van der Waals surface area (Å²) in [6, 6.07) is 11.2. The van der Waals surface area contributed by atoms with E-state index in [0.717, 1.165) is 11.1 Å². The largest absolute Gasteiger partial charge is 0.347 e. The molecule has 1 atom stereocenters. The zero-order chi connectivity index (χ0) is 19.6. The lowest BCUT2D eigenvalue weighted by molar-refractivity contribution is -0.122. The van der Waals surface area contributed by atoms with Gasteiger partial charge in [0.05, 0.1) is 23.3 Å². The van der Waals surface area contributed by atoms with E-state index in [1.54, 1.807) is 24.3 Å². The van der Waals surface area contributed by atoms with Gasteiger partial charge in [-0.25, -0.2) is 9.37 Å². The third-order valence-electron chi connectivity index (χ3n) is 4.58. The van der Waals surface area contributed by atoms with Crippen LogP contribution in [-0.2, 0) is 11.3 Å². The van der Waals surface area contributed by atoms with Crippen molar-refractivity contribution in [2.24, 2.45) is 5.92 Å². The molecule has 5 nitrogen and oxygen atoms in total. The maximum absolute atomic E-state index is 13.2. The molecule has 3 aromatic rings. The van der Waals surface area contributed by atoms with E-state index < -0.39 is 0 Å². The molecule has 1 heterocycles. The number of halogens is 1. The topological polar surface area (TPSA) is 64.0 Å². The van der Waals surface area contributed by atoms with E-state index in [0.29, 0.717) is 10.9 Å². The summed E-state index contributed by atoms with van der Waals surface area (Å²) < 4.78 is 14.5. The van der Waals surface area contributed by atoms with E-state index in [1.165, 1.54) is 23.0 Å². The minimum Gasteiger partial charge on any atom is -0.347 e. The van der Waals surface area contributed by atoms with E-state index in [4.69, 9.17) is 0 Å². The maximum atomic E-state index is 13.2. The number of benzene rings is 2. The minimum atomic E-state index is -0.323. The number of carbonyl (C=O) groups excluding carboxylic acids is 1. The molecule has 6 heteroatoms. The van der Waals surface area contributed by atoms with Gasteiger partial charge in [0.25, 0.3) is 5.56 Å². The van der Waals surface area contributed by atoms with Crippen molar-refractivity contribution in [3.8, 4) is 0 Å². The van der Waals surface area contributed by atoms with Gasteiger partial charge >= 0.3 is 0 Å². The third kappa shape index (κ3) is 4.05. The normalized spacial score (nSPS) is 12.3. The smallest absolute Gasteiger partial charge is 0.261 e. The Labute approximate surface area is 156 Å². The second kappa shape index (κ2) is 7.70. The van der Waals surface area contributed by atoms with E-state index in [9.17, 15) is 14.0 Å². The average molecular weight is 367 g/mol. The number of rotatable bonds is 5. The fourth-order valence-electron chi connectivity index (χ4n) is 3.13. The molecule has 1 unspecified atom stereocenters. The van der Waals surface area contributed by atoms with Gasteiger partial charge in [-0.1, -0.05) is 38.1 Å². The number of aromatic nitrogens is 2. The number of aryl methyl sites for hydroxylation is 1. The lowest BCUT2D eigenvalue weighted by Crippen LogP contribution is -2.36. The molecule has 27 heavy (non-hydrogen) atoms. The Morgan fingerprint density at radius 1 is 1.19 bits per heavy atom. The molecule has 3 rings (SSSR count). The molecule has 0 aliphatic heterocycles. The summed E-state index contributed by atoms with van der Waals surface area (Å²) in [6.45, 7) is 5.71. The first-order chi connectivity index (χ1) is 12.9. The lowest BCUT2D eigenvalue weighted by atomic mass is 9.96. The number of para-hydroxylation sites is 1. The van der Waals surface area contributed by atoms with Gasteiger partial charge in [-0.3, -0.25) is 14.2 Å². The van der Waals surface area contributed by atoms with Crippen molar-refractivity contribution < 1.29 is 9.18 Å². The van der Waals surface area contributed by atoms with Crippen molar-refractivity contribution in [2.45, 2.75) is 33.4 Å². The predicted octanol–water partition coefficient (Wildman–Crippen LogP) is 3.36. The Morgan fingerprint density at radius 2 is 1.89 bits per heavy atom. The van der Waals surface area contributed by atoms with Gasteiger partial charge in [-0.15, -0.1) is 0 Å². The summed E-state index contributed by atoms with van der Waals surface area (Å²) >= 11 is 0. The Hall–Kier alpha value is -3.02. The van der Waals surface area contributed by atoms with Gasteiger partial charge in [0.1, 0.15) is 12.4 Å². The quantitative estimate of drug-likeness (QED) is 0.752. The molecule has 140 valence electrons. The van der Waals surface area contributed by atoms with Gasteiger partial charge in [0.2, 0.25) is 5.91 Å². The maximum Gasteiger partial charge on any atom is 0.261 e. The van der Waals surface area contributed by atoms with Crippen molar-refractivity contribution in [2.75, 3.05) is 0 Å². The van der Waals surface area contributed by atoms with E-state index in [1.807, 2.05) is 26.8 Å². The second-order valence-electron chi connectivity index (χ2n) is 6.99. The van der Waals surface area contributed by atoms with Crippen LogP contribution < -0.4 is 10.9 Å². The summed E-state index contributed by atoms with van der Waals surface area (Å²) in [6.07, 6.45) is 1.40. The van der Waals surface area contributed by atoms with Crippen LogP contribution in [0.15, 0.2) is 53.6 Å². The highest BCUT2D eigenvalue weighted by molar-refractivity contribution is 5.81. The van der Waals surface area contributed by atoms with Crippen molar-refractivity contribution >= 4 is 16.8 Å². The molecule has 1 amide bonds. The van der Waals surface area contributed by atoms with Gasteiger partial charge in [0, 0.05) is 0 Å². The molecule has 0 fully saturated rings. The first kappa shape index (κ1) is 18.8. The third-order valence-corrected chi connectivity index (χ3v) is 4.58. The molecule has 0 aliphatic rings.